The summed E-state index contributed by atoms with van der Waals surface area (Å²) >= 11 is 0. The molecule has 0 bridgehead atoms. The van der Waals surface area contributed by atoms with Gasteiger partial charge in [-0.15, -0.1) is 0 Å². The molecule has 0 radical (unpaired) electrons. The van der Waals surface area contributed by atoms with Crippen molar-refractivity contribution in [2.45, 2.75) is 64.0 Å². The zero-order chi connectivity index (χ0) is 22.9. The SMILES string of the molecule is CCc1nccn1-c1ncc(C(=O)N(C2CC2)C2CCN(C(N)=NC(=O)C3CC3)CC2)cn1. The van der Waals surface area contributed by atoms with Crippen molar-refractivity contribution in [1.29, 1.82) is 0 Å². The predicted molar refractivity (Wildman–Crippen MR) is 122 cm³/mol. The molecule has 1 aliphatic heterocycles. The van der Waals surface area contributed by atoms with E-state index < -0.39 is 0 Å². The van der Waals surface area contributed by atoms with Crippen molar-refractivity contribution < 1.29 is 9.59 Å². The number of guanidine groups is 1. The maximum atomic E-state index is 13.4. The normalized spacial score (nSPS) is 19.5. The third-order valence-corrected chi connectivity index (χ3v) is 6.64. The van der Waals surface area contributed by atoms with Gasteiger partial charge < -0.3 is 15.5 Å². The van der Waals surface area contributed by atoms with Crippen LogP contribution in [0.1, 0.15) is 61.6 Å². The van der Waals surface area contributed by atoms with Gasteiger partial charge in [-0.1, -0.05) is 6.92 Å². The molecule has 0 spiro atoms. The highest BCUT2D eigenvalue weighted by molar-refractivity contribution is 5.95. The number of carbonyl (C=O) groups is 2. The Hall–Kier alpha value is -3.30. The molecule has 10 nitrogen and oxygen atoms in total. The molecule has 3 heterocycles. The molecule has 1 saturated heterocycles. The Morgan fingerprint density at radius 1 is 1.06 bits per heavy atom. The summed E-state index contributed by atoms with van der Waals surface area (Å²) in [5.41, 5.74) is 6.59. The monoisotopic (exact) mass is 450 g/mol. The average molecular weight is 451 g/mol. The van der Waals surface area contributed by atoms with Crippen LogP contribution in [-0.4, -0.2) is 72.3 Å². The molecule has 0 atom stereocenters. The van der Waals surface area contributed by atoms with Gasteiger partial charge in [0.25, 0.3) is 11.8 Å². The highest BCUT2D eigenvalue weighted by atomic mass is 16.2. The van der Waals surface area contributed by atoms with Crippen LogP contribution < -0.4 is 5.73 Å². The van der Waals surface area contributed by atoms with Gasteiger partial charge in [-0.25, -0.2) is 15.0 Å². The second kappa shape index (κ2) is 8.92. The maximum Gasteiger partial charge on any atom is 0.257 e. The van der Waals surface area contributed by atoms with E-state index in [1.165, 1.54) is 0 Å². The predicted octanol–water partition coefficient (Wildman–Crippen LogP) is 1.55. The van der Waals surface area contributed by atoms with Crippen molar-refractivity contribution in [3.05, 3.63) is 36.2 Å². The van der Waals surface area contributed by atoms with Gasteiger partial charge in [-0.2, -0.15) is 4.99 Å². The number of piperidine rings is 1. The van der Waals surface area contributed by atoms with Crippen LogP contribution in [0.3, 0.4) is 0 Å². The average Bonchev–Trinajstić information content (AvgIpc) is 3.78. The number of hydrogen-bond donors (Lipinski definition) is 1. The number of carbonyl (C=O) groups excluding carboxylic acids is 2. The molecule has 2 aromatic heterocycles. The Morgan fingerprint density at radius 2 is 1.73 bits per heavy atom. The van der Waals surface area contributed by atoms with Gasteiger partial charge >= 0.3 is 0 Å². The summed E-state index contributed by atoms with van der Waals surface area (Å²) in [6.07, 6.45) is 13.0. The minimum atomic E-state index is -0.102. The first-order valence-electron chi connectivity index (χ1n) is 11.9. The van der Waals surface area contributed by atoms with Crippen LogP contribution in [0.5, 0.6) is 0 Å². The van der Waals surface area contributed by atoms with E-state index in [0.717, 1.165) is 50.8 Å². The van der Waals surface area contributed by atoms with Crippen LogP contribution in [-0.2, 0) is 11.2 Å². The lowest BCUT2D eigenvalue weighted by Crippen LogP contribution is -2.51. The van der Waals surface area contributed by atoms with Crippen molar-refractivity contribution in [3.8, 4) is 5.95 Å². The molecule has 3 fully saturated rings. The summed E-state index contributed by atoms with van der Waals surface area (Å²) < 4.78 is 1.84. The molecule has 2 amide bonds. The van der Waals surface area contributed by atoms with E-state index in [-0.39, 0.29) is 29.8 Å². The lowest BCUT2D eigenvalue weighted by molar-refractivity contribution is -0.119. The molecule has 33 heavy (non-hydrogen) atoms. The number of hydrogen-bond acceptors (Lipinski definition) is 5. The van der Waals surface area contributed by atoms with Gasteiger partial charge in [-0.05, 0) is 38.5 Å². The summed E-state index contributed by atoms with van der Waals surface area (Å²) in [6, 6.07) is 0.407. The van der Waals surface area contributed by atoms with Gasteiger partial charge in [0.1, 0.15) is 5.82 Å². The fourth-order valence-electron chi connectivity index (χ4n) is 4.44. The van der Waals surface area contributed by atoms with Gasteiger partial charge in [0.05, 0.1) is 5.56 Å². The molecular weight excluding hydrogens is 420 g/mol. The van der Waals surface area contributed by atoms with E-state index in [1.54, 1.807) is 18.6 Å². The standard InChI is InChI=1S/C23H30N8O2/c1-2-19-25-9-12-30(19)23-26-13-16(14-27-23)21(33)31(17-5-6-17)18-7-10-29(11-8-18)22(24)28-20(32)15-3-4-15/h9,12-15,17-18H,2-8,10-11H2,1H3,(H2,24,28,32). The highest BCUT2D eigenvalue weighted by Crippen LogP contribution is 2.33. The maximum absolute atomic E-state index is 13.4. The minimum Gasteiger partial charge on any atom is -0.369 e. The first-order valence-corrected chi connectivity index (χ1v) is 11.9. The van der Waals surface area contributed by atoms with Crippen molar-refractivity contribution in [1.82, 2.24) is 29.3 Å². The number of nitrogens with two attached hydrogens (primary N) is 1. The smallest absolute Gasteiger partial charge is 0.257 e. The molecule has 3 aliphatic rings. The summed E-state index contributed by atoms with van der Waals surface area (Å²) in [5.74, 6) is 1.65. The number of amides is 2. The Morgan fingerprint density at radius 3 is 2.33 bits per heavy atom. The Bertz CT molecular complexity index is 1050. The van der Waals surface area contributed by atoms with Gasteiger partial charge in [-0.3, -0.25) is 14.2 Å². The van der Waals surface area contributed by atoms with Crippen LogP contribution in [0.25, 0.3) is 5.95 Å². The Balaban J connectivity index is 1.25. The van der Waals surface area contributed by atoms with Crippen LogP contribution in [0.4, 0.5) is 0 Å². The molecule has 2 aliphatic carbocycles. The Labute approximate surface area is 192 Å². The van der Waals surface area contributed by atoms with Crippen molar-refractivity contribution in [2.24, 2.45) is 16.6 Å². The summed E-state index contributed by atoms with van der Waals surface area (Å²) in [4.78, 5) is 46.6. The van der Waals surface area contributed by atoms with E-state index >= 15 is 0 Å². The van der Waals surface area contributed by atoms with Crippen LogP contribution >= 0.6 is 0 Å². The fraction of sp³-hybridized carbons (Fsp3) is 0.565. The van der Waals surface area contributed by atoms with Gasteiger partial charge in [0, 0.05) is 62.3 Å². The number of aryl methyl sites for hydroxylation is 1. The van der Waals surface area contributed by atoms with Crippen molar-refractivity contribution >= 4 is 17.8 Å². The van der Waals surface area contributed by atoms with Gasteiger partial charge in [0.15, 0.2) is 5.96 Å². The number of rotatable bonds is 6. The third-order valence-electron chi connectivity index (χ3n) is 6.64. The summed E-state index contributed by atoms with van der Waals surface area (Å²) in [5, 5.41) is 0. The number of imidazole rings is 1. The van der Waals surface area contributed by atoms with Crippen LogP contribution in [0, 0.1) is 5.92 Å². The summed E-state index contributed by atoms with van der Waals surface area (Å²) in [7, 11) is 0. The van der Waals surface area contributed by atoms with E-state index in [0.29, 0.717) is 30.6 Å². The second-order valence-electron chi connectivity index (χ2n) is 9.08. The van der Waals surface area contributed by atoms with Crippen LogP contribution in [0.2, 0.25) is 0 Å². The minimum absolute atomic E-state index is 0.0191. The number of aliphatic imine (C=N–C) groups is 1. The number of aromatic nitrogens is 4. The number of nitrogens with zero attached hydrogens (tertiary/aromatic N) is 7. The van der Waals surface area contributed by atoms with Gasteiger partial charge in [0.2, 0.25) is 5.95 Å². The largest absolute Gasteiger partial charge is 0.369 e. The second-order valence-corrected chi connectivity index (χ2v) is 9.08. The molecule has 0 aromatic carbocycles. The molecule has 2 saturated carbocycles. The molecule has 10 heteroatoms. The lowest BCUT2D eigenvalue weighted by Gasteiger charge is -2.39. The van der Waals surface area contributed by atoms with E-state index in [9.17, 15) is 9.59 Å². The molecule has 2 aromatic rings. The third kappa shape index (κ3) is 4.60. The van der Waals surface area contributed by atoms with Crippen LogP contribution in [0.15, 0.2) is 29.8 Å². The fourth-order valence-corrected chi connectivity index (χ4v) is 4.44. The molecular formula is C23H30N8O2. The number of likely N-dealkylation sites (tertiary alicyclic amines) is 1. The van der Waals surface area contributed by atoms with E-state index in [2.05, 4.69) is 19.9 Å². The first-order chi connectivity index (χ1) is 16.0. The molecule has 5 rings (SSSR count). The van der Waals surface area contributed by atoms with E-state index in [4.69, 9.17) is 5.73 Å². The first kappa shape index (κ1) is 21.5. The quantitative estimate of drug-likeness (QED) is 0.523. The zero-order valence-corrected chi connectivity index (χ0v) is 18.9. The van der Waals surface area contributed by atoms with Crippen molar-refractivity contribution in [2.75, 3.05) is 13.1 Å². The lowest BCUT2D eigenvalue weighted by atomic mass is 10.0. The molecule has 2 N–H and O–H groups in total. The molecule has 0 unspecified atom stereocenters. The Kier molecular flexibility index (Phi) is 5.82. The molecule has 174 valence electrons. The van der Waals surface area contributed by atoms with E-state index in [1.807, 2.05) is 27.5 Å². The van der Waals surface area contributed by atoms with Crippen molar-refractivity contribution in [3.63, 3.8) is 0 Å². The zero-order valence-electron chi connectivity index (χ0n) is 18.9. The topological polar surface area (TPSA) is 123 Å². The highest BCUT2D eigenvalue weighted by Gasteiger charge is 2.39. The summed E-state index contributed by atoms with van der Waals surface area (Å²) in [6.45, 7) is 3.40.